The second-order valence-electron chi connectivity index (χ2n) is 8.06. The van der Waals surface area contributed by atoms with Crippen LogP contribution in [0.3, 0.4) is 0 Å². The molecule has 1 aliphatic rings. The van der Waals surface area contributed by atoms with E-state index in [9.17, 15) is 31.5 Å². The lowest BCUT2D eigenvalue weighted by Crippen LogP contribution is -2.54. The molecule has 1 aliphatic heterocycles. The highest BCUT2D eigenvalue weighted by atomic mass is 35.5. The topological polar surface area (TPSA) is 109 Å². The number of carbonyl (C=O) groups excluding carboxylic acids is 1. The summed E-state index contributed by atoms with van der Waals surface area (Å²) in [5, 5.41) is 9.07. The van der Waals surface area contributed by atoms with Gasteiger partial charge in [0.1, 0.15) is 5.75 Å². The van der Waals surface area contributed by atoms with Crippen LogP contribution in [-0.2, 0) is 17.5 Å². The Hall–Kier alpha value is -4.02. The molecule has 4 rings (SSSR count). The molecule has 0 bridgehead atoms. The van der Waals surface area contributed by atoms with Gasteiger partial charge in [0.25, 0.3) is 5.56 Å². The third-order valence-electron chi connectivity index (χ3n) is 5.48. The lowest BCUT2D eigenvalue weighted by atomic mass is 9.90. The van der Waals surface area contributed by atoms with Gasteiger partial charge in [0.2, 0.25) is 11.7 Å². The number of hydrogen-bond donors (Lipinski definition) is 2. The monoisotopic (exact) mass is 539 g/mol. The summed E-state index contributed by atoms with van der Waals surface area (Å²) in [7, 11) is 0. The maximum Gasteiger partial charge on any atom is 0.437 e. The normalized spacial score (nSPS) is 17.7. The average Bonchev–Trinajstić information content (AvgIpc) is 2.83. The molecule has 3 aromatic rings. The van der Waals surface area contributed by atoms with Gasteiger partial charge in [-0.2, -0.15) is 18.4 Å². The van der Waals surface area contributed by atoms with Crippen LogP contribution in [0, 0.1) is 23.0 Å². The van der Waals surface area contributed by atoms with Crippen molar-refractivity contribution in [3.8, 4) is 17.6 Å². The summed E-state index contributed by atoms with van der Waals surface area (Å²) in [6, 6.07) is 7.54. The number of alkyl halides is 3. The molecule has 2 unspecified atom stereocenters. The van der Waals surface area contributed by atoms with Crippen LogP contribution in [0.2, 0.25) is 5.02 Å². The van der Waals surface area contributed by atoms with Crippen LogP contribution >= 0.6 is 11.6 Å². The van der Waals surface area contributed by atoms with Crippen molar-refractivity contribution in [3.05, 3.63) is 86.6 Å². The number of nitrogens with one attached hydrogen (secondary N) is 2. The summed E-state index contributed by atoms with van der Waals surface area (Å²) in [6.45, 7) is -0.264. The number of amides is 1. The number of rotatable bonds is 5. The number of benzene rings is 2. The zero-order valence-electron chi connectivity index (χ0n) is 18.4. The van der Waals surface area contributed by atoms with Gasteiger partial charge in [0.05, 0.1) is 23.9 Å². The molecule has 1 fully saturated rings. The Morgan fingerprint density at radius 2 is 1.92 bits per heavy atom. The number of hydrazine groups is 1. The molecule has 37 heavy (non-hydrogen) atoms. The van der Waals surface area contributed by atoms with E-state index in [2.05, 4.69) is 15.8 Å². The van der Waals surface area contributed by atoms with E-state index >= 15 is 0 Å². The van der Waals surface area contributed by atoms with Crippen molar-refractivity contribution in [2.45, 2.75) is 31.1 Å². The molecule has 2 heterocycles. The average molecular weight is 540 g/mol. The molecule has 1 amide bonds. The van der Waals surface area contributed by atoms with E-state index in [-0.39, 0.29) is 34.9 Å². The van der Waals surface area contributed by atoms with Crippen LogP contribution in [0.15, 0.2) is 47.5 Å². The van der Waals surface area contributed by atoms with Crippen LogP contribution in [0.4, 0.5) is 22.0 Å². The summed E-state index contributed by atoms with van der Waals surface area (Å²) in [5.74, 6) is -5.13. The third kappa shape index (κ3) is 5.71. The maximum absolute atomic E-state index is 13.7. The predicted molar refractivity (Wildman–Crippen MR) is 119 cm³/mol. The van der Waals surface area contributed by atoms with Gasteiger partial charge in [-0.25, -0.2) is 19.2 Å². The van der Waals surface area contributed by atoms with Gasteiger partial charge in [-0.3, -0.25) is 19.6 Å². The van der Waals surface area contributed by atoms with Gasteiger partial charge in [-0.15, -0.1) is 0 Å². The van der Waals surface area contributed by atoms with E-state index in [4.69, 9.17) is 21.6 Å². The van der Waals surface area contributed by atoms with Crippen LogP contribution in [0.5, 0.6) is 11.5 Å². The van der Waals surface area contributed by atoms with E-state index in [0.29, 0.717) is 6.33 Å². The number of ether oxygens (including phenoxy) is 1. The number of carbonyl (C=O) groups is 1. The molecular formula is C23H15ClF5N5O3. The van der Waals surface area contributed by atoms with Gasteiger partial charge in [0, 0.05) is 17.6 Å². The molecule has 1 aromatic heterocycles. The van der Waals surface area contributed by atoms with E-state index in [1.54, 1.807) is 6.07 Å². The molecule has 8 nitrogen and oxygen atoms in total. The van der Waals surface area contributed by atoms with Crippen molar-refractivity contribution in [1.82, 2.24) is 20.4 Å². The molecule has 14 heteroatoms. The largest absolute Gasteiger partial charge is 0.449 e. The van der Waals surface area contributed by atoms with Gasteiger partial charge >= 0.3 is 6.18 Å². The number of aromatic nitrogens is 2. The van der Waals surface area contributed by atoms with E-state index in [1.165, 1.54) is 12.1 Å². The molecular weight excluding hydrogens is 525 g/mol. The Bertz CT molecular complexity index is 1470. The first-order chi connectivity index (χ1) is 17.5. The van der Waals surface area contributed by atoms with Crippen LogP contribution in [0.1, 0.15) is 29.2 Å². The lowest BCUT2D eigenvalue weighted by Gasteiger charge is -2.30. The Morgan fingerprint density at radius 1 is 1.16 bits per heavy atom. The summed E-state index contributed by atoms with van der Waals surface area (Å²) in [5.41, 5.74) is 2.40. The summed E-state index contributed by atoms with van der Waals surface area (Å²) in [6.07, 6.45) is -4.36. The van der Waals surface area contributed by atoms with E-state index < -0.39 is 52.7 Å². The van der Waals surface area contributed by atoms with Crippen molar-refractivity contribution in [3.63, 3.8) is 0 Å². The van der Waals surface area contributed by atoms with Gasteiger partial charge in [-0.1, -0.05) is 17.7 Å². The second kappa shape index (κ2) is 10.2. The van der Waals surface area contributed by atoms with Gasteiger partial charge in [-0.05, 0) is 42.3 Å². The Morgan fingerprint density at radius 3 is 2.59 bits per heavy atom. The Kier molecular flexibility index (Phi) is 7.15. The molecule has 0 aliphatic carbocycles. The predicted octanol–water partition coefficient (Wildman–Crippen LogP) is 4.03. The second-order valence-corrected chi connectivity index (χ2v) is 8.50. The first kappa shape index (κ1) is 26.1. The highest BCUT2D eigenvalue weighted by molar-refractivity contribution is 6.30. The lowest BCUT2D eigenvalue weighted by molar-refractivity contribution is -0.142. The molecule has 1 saturated heterocycles. The third-order valence-corrected chi connectivity index (χ3v) is 5.70. The fourth-order valence-corrected chi connectivity index (χ4v) is 4.01. The Labute approximate surface area is 210 Å². The maximum atomic E-state index is 13.7. The smallest absolute Gasteiger partial charge is 0.437 e. The van der Waals surface area contributed by atoms with Gasteiger partial charge in [0.15, 0.2) is 17.3 Å². The van der Waals surface area contributed by atoms with Crippen molar-refractivity contribution < 1.29 is 31.5 Å². The zero-order chi connectivity index (χ0) is 26.9. The number of nitrogens with zero attached hydrogens (tertiary/aromatic N) is 3. The molecule has 0 radical (unpaired) electrons. The van der Waals surface area contributed by atoms with Crippen molar-refractivity contribution >= 4 is 17.5 Å². The highest BCUT2D eigenvalue weighted by Crippen LogP contribution is 2.35. The van der Waals surface area contributed by atoms with Crippen molar-refractivity contribution in [2.24, 2.45) is 0 Å². The first-order valence-electron chi connectivity index (χ1n) is 10.5. The minimum Gasteiger partial charge on any atom is -0.449 e. The fourth-order valence-electron chi connectivity index (χ4n) is 3.78. The Balaban J connectivity index is 1.65. The van der Waals surface area contributed by atoms with Crippen LogP contribution in [0.25, 0.3) is 0 Å². The first-order valence-corrected chi connectivity index (χ1v) is 10.9. The van der Waals surface area contributed by atoms with Crippen molar-refractivity contribution in [2.75, 3.05) is 0 Å². The van der Waals surface area contributed by atoms with Crippen LogP contribution < -0.4 is 21.1 Å². The standard InChI is InChI=1S/C23H15ClF5N5O3/c24-13-3-11(8-30)4-15(6-13)37-19-20(23(27,28)29)31-10-34(22(19)36)9-14-7-16(21(35)33-32-14)12-1-2-17(25)18(26)5-12/h1-6,10,14,16,32H,7,9H2,(H,33,35). The SMILES string of the molecule is N#Cc1cc(Cl)cc(Oc2c(C(F)(F)F)ncn(CC3CC(c4ccc(F)c(F)c4)C(=O)NN3)c2=O)c1. The molecule has 192 valence electrons. The summed E-state index contributed by atoms with van der Waals surface area (Å²) >= 11 is 5.88. The number of halogens is 6. The van der Waals surface area contributed by atoms with E-state index in [1.807, 2.05) is 0 Å². The minimum absolute atomic E-state index is 0.000378. The van der Waals surface area contributed by atoms with Crippen molar-refractivity contribution in [1.29, 1.82) is 5.26 Å². The molecule has 2 atom stereocenters. The number of hydrogen-bond acceptors (Lipinski definition) is 6. The minimum atomic E-state index is -5.04. The van der Waals surface area contributed by atoms with E-state index in [0.717, 1.165) is 28.8 Å². The molecule has 0 saturated carbocycles. The molecule has 0 spiro atoms. The summed E-state index contributed by atoms with van der Waals surface area (Å²) < 4.78 is 73.9. The zero-order valence-corrected chi connectivity index (χ0v) is 19.2. The highest BCUT2D eigenvalue weighted by Gasteiger charge is 2.39. The molecule has 2 aromatic carbocycles. The quantitative estimate of drug-likeness (QED) is 0.474. The fraction of sp³-hybridized carbons (Fsp3) is 0.217. The summed E-state index contributed by atoms with van der Waals surface area (Å²) in [4.78, 5) is 28.7. The van der Waals surface area contributed by atoms with Gasteiger partial charge < -0.3 is 4.74 Å². The number of nitriles is 1. The molecule has 2 N–H and O–H groups in total. The van der Waals surface area contributed by atoms with Crippen LogP contribution in [-0.4, -0.2) is 21.5 Å².